The summed E-state index contributed by atoms with van der Waals surface area (Å²) in [6, 6.07) is 8.37. The summed E-state index contributed by atoms with van der Waals surface area (Å²) in [5.41, 5.74) is 6.02. The first-order valence-corrected chi connectivity index (χ1v) is 8.81. The van der Waals surface area contributed by atoms with Gasteiger partial charge in [-0.2, -0.15) is 10.2 Å². The summed E-state index contributed by atoms with van der Waals surface area (Å²) in [5, 5.41) is 8.73. The van der Waals surface area contributed by atoms with Crippen molar-refractivity contribution in [3.05, 3.63) is 70.3 Å². The molecule has 6 heteroatoms. The minimum absolute atomic E-state index is 0.0523. The monoisotopic (exact) mass is 349 g/mol. The predicted octanol–water partition coefficient (Wildman–Crippen LogP) is 2.56. The van der Waals surface area contributed by atoms with Crippen molar-refractivity contribution in [2.45, 2.75) is 26.3 Å². The van der Waals surface area contributed by atoms with E-state index in [1.807, 2.05) is 56.0 Å². The van der Waals surface area contributed by atoms with Gasteiger partial charge in [-0.25, -0.2) is 0 Å². The molecule has 3 aromatic rings. The minimum Gasteiger partial charge on any atom is -0.333 e. The number of aromatic nitrogens is 4. The van der Waals surface area contributed by atoms with Crippen LogP contribution in [0.2, 0.25) is 0 Å². The van der Waals surface area contributed by atoms with E-state index in [-0.39, 0.29) is 11.8 Å². The standard InChI is InChI=1S/C20H23N5O/c1-13-19(14(2)24(4)22-13)20(26)25-11-15-7-5-6-8-17(15)18(12-25)16-9-21-23(3)10-16/h5-10,18H,11-12H2,1-4H3. The molecule has 0 aliphatic carbocycles. The van der Waals surface area contributed by atoms with E-state index < -0.39 is 0 Å². The Morgan fingerprint density at radius 3 is 2.62 bits per heavy atom. The average molecular weight is 349 g/mol. The molecular formula is C20H23N5O. The van der Waals surface area contributed by atoms with E-state index in [1.165, 1.54) is 11.1 Å². The number of hydrogen-bond donors (Lipinski definition) is 0. The summed E-state index contributed by atoms with van der Waals surface area (Å²) >= 11 is 0. The van der Waals surface area contributed by atoms with E-state index in [4.69, 9.17) is 0 Å². The van der Waals surface area contributed by atoms with Crippen LogP contribution in [0.5, 0.6) is 0 Å². The summed E-state index contributed by atoms with van der Waals surface area (Å²) in [6.07, 6.45) is 3.94. The fourth-order valence-electron chi connectivity index (χ4n) is 3.91. The van der Waals surface area contributed by atoms with Gasteiger partial charge >= 0.3 is 0 Å². The van der Waals surface area contributed by atoms with Crippen molar-refractivity contribution in [3.63, 3.8) is 0 Å². The fraction of sp³-hybridized carbons (Fsp3) is 0.350. The van der Waals surface area contributed by atoms with Gasteiger partial charge in [0.05, 0.1) is 17.5 Å². The third-order valence-electron chi connectivity index (χ3n) is 5.33. The van der Waals surface area contributed by atoms with Crippen molar-refractivity contribution in [1.82, 2.24) is 24.5 Å². The molecule has 4 rings (SSSR count). The molecule has 1 aliphatic rings. The molecule has 0 spiro atoms. The maximum Gasteiger partial charge on any atom is 0.257 e. The summed E-state index contributed by atoms with van der Waals surface area (Å²) in [4.78, 5) is 15.2. The highest BCUT2D eigenvalue weighted by Crippen LogP contribution is 2.34. The minimum atomic E-state index is 0.0523. The maximum absolute atomic E-state index is 13.3. The normalized spacial score (nSPS) is 16.6. The van der Waals surface area contributed by atoms with Crippen molar-refractivity contribution in [1.29, 1.82) is 0 Å². The van der Waals surface area contributed by atoms with Gasteiger partial charge in [0.2, 0.25) is 0 Å². The highest BCUT2D eigenvalue weighted by Gasteiger charge is 2.32. The maximum atomic E-state index is 13.3. The second kappa shape index (κ2) is 6.12. The highest BCUT2D eigenvalue weighted by molar-refractivity contribution is 5.96. The van der Waals surface area contributed by atoms with E-state index >= 15 is 0 Å². The van der Waals surface area contributed by atoms with Crippen molar-refractivity contribution in [3.8, 4) is 0 Å². The number of benzene rings is 1. The van der Waals surface area contributed by atoms with Gasteiger partial charge < -0.3 is 4.90 Å². The van der Waals surface area contributed by atoms with E-state index in [9.17, 15) is 4.79 Å². The summed E-state index contributed by atoms with van der Waals surface area (Å²) in [6.45, 7) is 5.12. The zero-order valence-electron chi connectivity index (χ0n) is 15.6. The quantitative estimate of drug-likeness (QED) is 0.714. The van der Waals surface area contributed by atoms with Gasteiger partial charge in [0, 0.05) is 45.0 Å². The van der Waals surface area contributed by atoms with Crippen LogP contribution in [-0.4, -0.2) is 36.9 Å². The first-order valence-electron chi connectivity index (χ1n) is 8.81. The second-order valence-electron chi connectivity index (χ2n) is 7.05. The smallest absolute Gasteiger partial charge is 0.257 e. The van der Waals surface area contributed by atoms with E-state index in [2.05, 4.69) is 28.4 Å². The number of carbonyl (C=O) groups excluding carboxylic acids is 1. The van der Waals surface area contributed by atoms with Crippen LogP contribution in [-0.2, 0) is 20.6 Å². The third kappa shape index (κ3) is 2.62. The largest absolute Gasteiger partial charge is 0.333 e. The van der Waals surface area contributed by atoms with Crippen LogP contribution in [0, 0.1) is 13.8 Å². The lowest BCUT2D eigenvalue weighted by Gasteiger charge is -2.34. The van der Waals surface area contributed by atoms with Crippen molar-refractivity contribution < 1.29 is 4.79 Å². The predicted molar refractivity (Wildman–Crippen MR) is 98.9 cm³/mol. The Morgan fingerprint density at radius 1 is 1.19 bits per heavy atom. The molecule has 26 heavy (non-hydrogen) atoms. The van der Waals surface area contributed by atoms with Crippen LogP contribution in [0.4, 0.5) is 0 Å². The van der Waals surface area contributed by atoms with Crippen molar-refractivity contribution >= 4 is 5.91 Å². The SMILES string of the molecule is Cc1nn(C)c(C)c1C(=O)N1Cc2ccccc2C(c2cnn(C)c2)C1. The topological polar surface area (TPSA) is 56.0 Å². The summed E-state index contributed by atoms with van der Waals surface area (Å²) < 4.78 is 3.59. The Hall–Kier alpha value is -2.89. The van der Waals surface area contributed by atoms with Gasteiger partial charge in [-0.3, -0.25) is 14.2 Å². The van der Waals surface area contributed by atoms with Gasteiger partial charge in [0.25, 0.3) is 5.91 Å². The second-order valence-corrected chi connectivity index (χ2v) is 7.05. The number of carbonyl (C=O) groups is 1. The summed E-state index contributed by atoms with van der Waals surface area (Å²) in [5.74, 6) is 0.186. The molecule has 1 aromatic carbocycles. The molecule has 0 bridgehead atoms. The van der Waals surface area contributed by atoms with Gasteiger partial charge in [-0.05, 0) is 30.5 Å². The molecule has 0 fully saturated rings. The van der Waals surface area contributed by atoms with E-state index in [0.717, 1.165) is 22.5 Å². The molecule has 0 N–H and O–H groups in total. The van der Waals surface area contributed by atoms with Gasteiger partial charge in [0.1, 0.15) is 0 Å². The lowest BCUT2D eigenvalue weighted by atomic mass is 9.86. The zero-order valence-corrected chi connectivity index (χ0v) is 15.6. The lowest BCUT2D eigenvalue weighted by Crippen LogP contribution is -2.39. The average Bonchev–Trinajstić information content (AvgIpc) is 3.16. The molecule has 1 amide bonds. The van der Waals surface area contributed by atoms with Gasteiger partial charge in [-0.15, -0.1) is 0 Å². The molecule has 1 aliphatic heterocycles. The molecule has 134 valence electrons. The van der Waals surface area contributed by atoms with Gasteiger partial charge in [-0.1, -0.05) is 24.3 Å². The molecule has 0 saturated heterocycles. The Balaban J connectivity index is 1.74. The number of aryl methyl sites for hydroxylation is 3. The molecule has 0 saturated carbocycles. The zero-order chi connectivity index (χ0) is 18.4. The van der Waals surface area contributed by atoms with Crippen LogP contribution in [0.25, 0.3) is 0 Å². The molecular weight excluding hydrogens is 326 g/mol. The number of rotatable bonds is 2. The van der Waals surface area contributed by atoms with Crippen LogP contribution < -0.4 is 0 Å². The Morgan fingerprint density at radius 2 is 1.96 bits per heavy atom. The summed E-state index contributed by atoms with van der Waals surface area (Å²) in [7, 11) is 3.80. The van der Waals surface area contributed by atoms with E-state index in [0.29, 0.717) is 13.1 Å². The molecule has 0 radical (unpaired) electrons. The fourth-order valence-corrected chi connectivity index (χ4v) is 3.91. The molecule has 1 unspecified atom stereocenters. The molecule has 2 aromatic heterocycles. The molecule has 1 atom stereocenters. The van der Waals surface area contributed by atoms with E-state index in [1.54, 1.807) is 4.68 Å². The number of fused-ring (bicyclic) bond motifs is 1. The molecule has 3 heterocycles. The van der Waals surface area contributed by atoms with Crippen LogP contribution >= 0.6 is 0 Å². The van der Waals surface area contributed by atoms with Gasteiger partial charge in [0.15, 0.2) is 0 Å². The lowest BCUT2D eigenvalue weighted by molar-refractivity contribution is 0.0723. The number of nitrogens with zero attached hydrogens (tertiary/aromatic N) is 5. The Bertz CT molecular complexity index is 984. The Kier molecular flexibility index (Phi) is 3.90. The molecule has 6 nitrogen and oxygen atoms in total. The van der Waals surface area contributed by atoms with Crippen LogP contribution in [0.1, 0.15) is 44.4 Å². The number of hydrogen-bond acceptors (Lipinski definition) is 3. The van der Waals surface area contributed by atoms with Crippen LogP contribution in [0.15, 0.2) is 36.7 Å². The van der Waals surface area contributed by atoms with Crippen molar-refractivity contribution in [2.75, 3.05) is 6.54 Å². The number of amides is 1. The van der Waals surface area contributed by atoms with Crippen molar-refractivity contribution in [2.24, 2.45) is 14.1 Å². The first kappa shape index (κ1) is 16.6. The Labute approximate surface area is 153 Å². The first-order chi connectivity index (χ1) is 12.5. The highest BCUT2D eigenvalue weighted by atomic mass is 16.2. The third-order valence-corrected chi connectivity index (χ3v) is 5.33. The van der Waals surface area contributed by atoms with Crippen LogP contribution in [0.3, 0.4) is 0 Å².